The SMILES string of the molecule is Cl.O=C(NCc1ccnc(OCC(F)(F)F)c1)C1CNC1. The first kappa shape index (κ1) is 17.5. The van der Waals surface area contributed by atoms with Crippen LogP contribution >= 0.6 is 12.4 Å². The Balaban J connectivity index is 0.00000220. The molecule has 1 amide bonds. The van der Waals surface area contributed by atoms with E-state index in [4.69, 9.17) is 0 Å². The maximum atomic E-state index is 12.0. The smallest absolute Gasteiger partial charge is 0.422 e. The predicted octanol–water partition coefficient (Wildman–Crippen LogP) is 1.28. The summed E-state index contributed by atoms with van der Waals surface area (Å²) in [5, 5.41) is 5.70. The highest BCUT2D eigenvalue weighted by Gasteiger charge is 2.28. The van der Waals surface area contributed by atoms with Crippen LogP contribution in [-0.2, 0) is 11.3 Å². The summed E-state index contributed by atoms with van der Waals surface area (Å²) in [6.07, 6.45) is -3.05. The van der Waals surface area contributed by atoms with Crippen LogP contribution in [0.2, 0.25) is 0 Å². The summed E-state index contributed by atoms with van der Waals surface area (Å²) >= 11 is 0. The van der Waals surface area contributed by atoms with Crippen molar-refractivity contribution in [3.63, 3.8) is 0 Å². The highest BCUT2D eigenvalue weighted by atomic mass is 35.5. The Bertz CT molecular complexity index is 481. The summed E-state index contributed by atoms with van der Waals surface area (Å²) in [7, 11) is 0. The predicted molar refractivity (Wildman–Crippen MR) is 71.2 cm³/mol. The number of alkyl halides is 3. The molecule has 1 aliphatic heterocycles. The Morgan fingerprint density at radius 2 is 2.19 bits per heavy atom. The van der Waals surface area contributed by atoms with Crippen molar-refractivity contribution in [2.75, 3.05) is 19.7 Å². The van der Waals surface area contributed by atoms with Gasteiger partial charge in [0.2, 0.25) is 11.8 Å². The van der Waals surface area contributed by atoms with Gasteiger partial charge in [0.1, 0.15) is 0 Å². The molecule has 2 N–H and O–H groups in total. The number of hydrogen-bond donors (Lipinski definition) is 2. The Labute approximate surface area is 125 Å². The van der Waals surface area contributed by atoms with Crippen molar-refractivity contribution in [1.29, 1.82) is 0 Å². The lowest BCUT2D eigenvalue weighted by molar-refractivity contribution is -0.154. The molecular formula is C12H15ClF3N3O2. The third-order valence-electron chi connectivity index (χ3n) is 2.80. The van der Waals surface area contributed by atoms with Gasteiger partial charge in [0.15, 0.2) is 6.61 Å². The third kappa shape index (κ3) is 5.76. The molecule has 2 rings (SSSR count). The first-order valence-electron chi connectivity index (χ1n) is 6.07. The minimum atomic E-state index is -4.40. The highest BCUT2D eigenvalue weighted by Crippen LogP contribution is 2.17. The zero-order valence-electron chi connectivity index (χ0n) is 10.9. The van der Waals surface area contributed by atoms with Crippen molar-refractivity contribution in [3.8, 4) is 5.88 Å². The number of aromatic nitrogens is 1. The highest BCUT2D eigenvalue weighted by molar-refractivity contribution is 5.85. The van der Waals surface area contributed by atoms with Gasteiger partial charge >= 0.3 is 6.18 Å². The van der Waals surface area contributed by atoms with Gasteiger partial charge in [0, 0.05) is 31.9 Å². The van der Waals surface area contributed by atoms with Gasteiger partial charge in [-0.15, -0.1) is 12.4 Å². The summed E-state index contributed by atoms with van der Waals surface area (Å²) in [6, 6.07) is 2.99. The van der Waals surface area contributed by atoms with Crippen LogP contribution in [0.25, 0.3) is 0 Å². The maximum Gasteiger partial charge on any atom is 0.422 e. The maximum absolute atomic E-state index is 12.0. The average molecular weight is 326 g/mol. The average Bonchev–Trinajstić information content (AvgIpc) is 2.31. The molecule has 9 heteroatoms. The largest absolute Gasteiger partial charge is 0.468 e. The monoisotopic (exact) mass is 325 g/mol. The van der Waals surface area contributed by atoms with Gasteiger partial charge in [-0.05, 0) is 11.6 Å². The van der Waals surface area contributed by atoms with E-state index in [1.165, 1.54) is 12.3 Å². The summed E-state index contributed by atoms with van der Waals surface area (Å²) in [4.78, 5) is 15.3. The molecule has 2 heterocycles. The van der Waals surface area contributed by atoms with Crippen LogP contribution in [0.15, 0.2) is 18.3 Å². The van der Waals surface area contributed by atoms with Gasteiger partial charge in [-0.1, -0.05) is 0 Å². The molecule has 0 atom stereocenters. The number of pyridine rings is 1. The van der Waals surface area contributed by atoms with Crippen molar-refractivity contribution in [1.82, 2.24) is 15.6 Å². The molecule has 0 bridgehead atoms. The number of carbonyl (C=O) groups is 1. The number of nitrogens with zero attached hydrogens (tertiary/aromatic N) is 1. The molecule has 1 aromatic rings. The quantitative estimate of drug-likeness (QED) is 0.856. The Kier molecular flexibility index (Phi) is 6.22. The molecule has 118 valence electrons. The van der Waals surface area contributed by atoms with Gasteiger partial charge in [0.25, 0.3) is 0 Å². The fourth-order valence-electron chi connectivity index (χ4n) is 1.60. The van der Waals surface area contributed by atoms with Crippen LogP contribution in [0, 0.1) is 5.92 Å². The van der Waals surface area contributed by atoms with E-state index in [2.05, 4.69) is 20.4 Å². The number of amides is 1. The number of ether oxygens (including phenoxy) is 1. The molecule has 0 aromatic carbocycles. The summed E-state index contributed by atoms with van der Waals surface area (Å²) in [5.41, 5.74) is 0.637. The van der Waals surface area contributed by atoms with Crippen molar-refractivity contribution < 1.29 is 22.7 Å². The summed E-state index contributed by atoms with van der Waals surface area (Å²) in [5.74, 6) is -0.213. The van der Waals surface area contributed by atoms with E-state index in [9.17, 15) is 18.0 Å². The van der Waals surface area contributed by atoms with Crippen LogP contribution in [0.3, 0.4) is 0 Å². The van der Waals surface area contributed by atoms with Crippen molar-refractivity contribution in [3.05, 3.63) is 23.9 Å². The Morgan fingerprint density at radius 1 is 1.48 bits per heavy atom. The van der Waals surface area contributed by atoms with Gasteiger partial charge in [-0.2, -0.15) is 13.2 Å². The molecule has 1 aliphatic rings. The second kappa shape index (κ2) is 7.46. The van der Waals surface area contributed by atoms with E-state index in [0.717, 1.165) is 0 Å². The molecule has 0 aliphatic carbocycles. The van der Waals surface area contributed by atoms with Gasteiger partial charge in [-0.25, -0.2) is 4.98 Å². The second-order valence-corrected chi connectivity index (χ2v) is 4.48. The van der Waals surface area contributed by atoms with Crippen molar-refractivity contribution in [2.45, 2.75) is 12.7 Å². The lowest BCUT2D eigenvalue weighted by Gasteiger charge is -2.25. The first-order chi connectivity index (χ1) is 9.44. The van der Waals surface area contributed by atoms with E-state index >= 15 is 0 Å². The summed E-state index contributed by atoms with van der Waals surface area (Å²) in [6.45, 7) is 0.161. The molecular weight excluding hydrogens is 311 g/mol. The molecule has 1 fully saturated rings. The standard InChI is InChI=1S/C12H14F3N3O2.ClH/c13-12(14,15)7-20-10-3-8(1-2-17-10)4-18-11(19)9-5-16-6-9;/h1-3,9,16H,4-7H2,(H,18,19);1H. The number of carbonyl (C=O) groups excluding carboxylic acids is 1. The van der Waals surface area contributed by atoms with Crippen LogP contribution in [0.1, 0.15) is 5.56 Å². The summed E-state index contributed by atoms with van der Waals surface area (Å²) < 4.78 is 40.6. The molecule has 0 radical (unpaired) electrons. The van der Waals surface area contributed by atoms with E-state index in [1.54, 1.807) is 6.07 Å². The number of hydrogen-bond acceptors (Lipinski definition) is 4. The Hall–Kier alpha value is -1.54. The van der Waals surface area contributed by atoms with Crippen molar-refractivity contribution in [2.24, 2.45) is 5.92 Å². The molecule has 5 nitrogen and oxygen atoms in total. The van der Waals surface area contributed by atoms with Crippen LogP contribution in [0.5, 0.6) is 5.88 Å². The normalized spacial score (nSPS) is 14.8. The fourth-order valence-corrected chi connectivity index (χ4v) is 1.60. The lowest BCUT2D eigenvalue weighted by atomic mass is 10.0. The topological polar surface area (TPSA) is 63.2 Å². The van der Waals surface area contributed by atoms with Crippen LogP contribution < -0.4 is 15.4 Å². The minimum Gasteiger partial charge on any atom is -0.468 e. The lowest BCUT2D eigenvalue weighted by Crippen LogP contribution is -2.50. The van der Waals surface area contributed by atoms with Gasteiger partial charge in [0.05, 0.1) is 5.92 Å². The van der Waals surface area contributed by atoms with E-state index < -0.39 is 12.8 Å². The van der Waals surface area contributed by atoms with Gasteiger partial charge < -0.3 is 15.4 Å². The number of halogens is 4. The molecule has 0 saturated carbocycles. The van der Waals surface area contributed by atoms with E-state index in [-0.39, 0.29) is 36.7 Å². The van der Waals surface area contributed by atoms with E-state index in [0.29, 0.717) is 18.7 Å². The minimum absolute atomic E-state index is 0. The zero-order chi connectivity index (χ0) is 14.6. The number of rotatable bonds is 5. The van der Waals surface area contributed by atoms with Crippen LogP contribution in [-0.4, -0.2) is 36.8 Å². The third-order valence-corrected chi connectivity index (χ3v) is 2.80. The van der Waals surface area contributed by atoms with Crippen molar-refractivity contribution >= 4 is 18.3 Å². The molecule has 0 unspecified atom stereocenters. The molecule has 1 aromatic heterocycles. The fraction of sp³-hybridized carbons (Fsp3) is 0.500. The zero-order valence-corrected chi connectivity index (χ0v) is 11.8. The van der Waals surface area contributed by atoms with E-state index in [1.807, 2.05) is 0 Å². The Morgan fingerprint density at radius 3 is 2.76 bits per heavy atom. The van der Waals surface area contributed by atoms with Crippen LogP contribution in [0.4, 0.5) is 13.2 Å². The van der Waals surface area contributed by atoms with Gasteiger partial charge in [-0.3, -0.25) is 4.79 Å². The first-order valence-corrected chi connectivity index (χ1v) is 6.07. The molecule has 21 heavy (non-hydrogen) atoms. The number of nitrogens with one attached hydrogen (secondary N) is 2. The molecule has 1 saturated heterocycles. The molecule has 0 spiro atoms. The second-order valence-electron chi connectivity index (χ2n) is 4.48.